The molecule has 0 amide bonds. The van der Waals surface area contributed by atoms with Crippen molar-refractivity contribution in [2.45, 2.75) is 41.5 Å². The second kappa shape index (κ2) is 8.11. The second-order valence-corrected chi connectivity index (χ2v) is 4.00. The van der Waals surface area contributed by atoms with Crippen molar-refractivity contribution in [1.82, 2.24) is 9.36 Å². The average Bonchev–Trinajstić information content (AvgIpc) is 2.83. The van der Waals surface area contributed by atoms with Crippen molar-refractivity contribution >= 4 is 11.5 Å². The highest BCUT2D eigenvalue weighted by Gasteiger charge is 1.89. The Bertz CT molecular complexity index is 317. The van der Waals surface area contributed by atoms with Crippen LogP contribution in [0.25, 0.3) is 0 Å². The molecule has 2 aromatic rings. The summed E-state index contributed by atoms with van der Waals surface area (Å²) in [7, 11) is 0. The topological polar surface area (TPSA) is 28.7 Å². The van der Waals surface area contributed by atoms with Gasteiger partial charge in [-0.05, 0) is 56.4 Å². The van der Waals surface area contributed by atoms with Gasteiger partial charge in [0.1, 0.15) is 0 Å². The van der Waals surface area contributed by atoms with Crippen molar-refractivity contribution in [1.29, 1.82) is 0 Å². The smallest absolute Gasteiger partial charge is 0.0540 e. The highest BCUT2D eigenvalue weighted by atomic mass is 32.1. The minimum absolute atomic E-state index is 1.16. The van der Waals surface area contributed by atoms with Crippen LogP contribution in [0.1, 0.15) is 36.4 Å². The Morgan fingerprint density at radius 1 is 1.06 bits per heavy atom. The van der Waals surface area contributed by atoms with E-state index in [0.717, 1.165) is 5.69 Å². The third kappa shape index (κ3) is 5.12. The van der Waals surface area contributed by atoms with E-state index in [2.05, 4.69) is 41.6 Å². The van der Waals surface area contributed by atoms with E-state index in [1.165, 1.54) is 28.4 Å². The van der Waals surface area contributed by atoms with E-state index in [-0.39, 0.29) is 0 Å². The lowest BCUT2D eigenvalue weighted by atomic mass is 10.3. The molecular weight excluding hydrogens is 216 g/mol. The van der Waals surface area contributed by atoms with E-state index >= 15 is 0 Å². The summed E-state index contributed by atoms with van der Waals surface area (Å²) in [4.78, 5) is 3.07. The van der Waals surface area contributed by atoms with Crippen LogP contribution in [0.4, 0.5) is 0 Å². The molecule has 0 spiro atoms. The maximum Gasteiger partial charge on any atom is 0.0540 e. The summed E-state index contributed by atoms with van der Waals surface area (Å²) in [6, 6.07) is 2.06. The first-order valence-corrected chi connectivity index (χ1v) is 6.43. The maximum absolute atomic E-state index is 4.06. The van der Waals surface area contributed by atoms with Crippen LogP contribution in [0.2, 0.25) is 0 Å². The zero-order chi connectivity index (χ0) is 12.6. The van der Waals surface area contributed by atoms with Crippen LogP contribution in [0, 0.1) is 27.7 Å². The molecule has 0 aromatic carbocycles. The zero-order valence-corrected chi connectivity index (χ0v) is 11.9. The molecule has 2 rings (SSSR count). The van der Waals surface area contributed by atoms with Gasteiger partial charge in [0.2, 0.25) is 0 Å². The highest BCUT2D eigenvalue weighted by Crippen LogP contribution is 2.05. The number of aryl methyl sites for hydroxylation is 4. The molecule has 0 saturated heterocycles. The Kier molecular flexibility index (Phi) is 7.56. The summed E-state index contributed by atoms with van der Waals surface area (Å²) in [5.74, 6) is 0. The van der Waals surface area contributed by atoms with E-state index in [9.17, 15) is 0 Å². The van der Waals surface area contributed by atoms with Gasteiger partial charge in [0.15, 0.2) is 0 Å². The number of H-pyrrole nitrogens is 1. The van der Waals surface area contributed by atoms with Crippen molar-refractivity contribution < 1.29 is 0 Å². The van der Waals surface area contributed by atoms with Crippen LogP contribution < -0.4 is 0 Å². The third-order valence-electron chi connectivity index (χ3n) is 2.21. The van der Waals surface area contributed by atoms with Crippen molar-refractivity contribution in [2.24, 2.45) is 0 Å². The molecule has 16 heavy (non-hydrogen) atoms. The lowest BCUT2D eigenvalue weighted by Gasteiger charge is -1.81. The normalized spacial score (nSPS) is 8.62. The molecule has 1 N–H and O–H groups in total. The molecule has 0 fully saturated rings. The minimum atomic E-state index is 1.16. The Labute approximate surface area is 103 Å². The first kappa shape index (κ1) is 14.9. The molecule has 0 bridgehead atoms. The first-order chi connectivity index (χ1) is 7.61. The Hall–Kier alpha value is -1.09. The van der Waals surface area contributed by atoms with Gasteiger partial charge in [0.25, 0.3) is 0 Å². The maximum atomic E-state index is 4.06. The number of aromatic nitrogens is 2. The van der Waals surface area contributed by atoms with Gasteiger partial charge < -0.3 is 4.98 Å². The predicted molar refractivity (Wildman–Crippen MR) is 73.2 cm³/mol. The Morgan fingerprint density at radius 2 is 1.69 bits per heavy atom. The lowest BCUT2D eigenvalue weighted by Crippen LogP contribution is -1.69. The van der Waals surface area contributed by atoms with Gasteiger partial charge >= 0.3 is 0 Å². The summed E-state index contributed by atoms with van der Waals surface area (Å²) >= 11 is 1.52. The SMILES string of the molecule is CC.Cc1cc[nH]c1C.Cc1csnc1C. The van der Waals surface area contributed by atoms with Gasteiger partial charge in [0.05, 0.1) is 5.69 Å². The second-order valence-electron chi connectivity index (χ2n) is 3.37. The fourth-order valence-electron chi connectivity index (χ4n) is 0.872. The molecule has 0 aliphatic carbocycles. The van der Waals surface area contributed by atoms with E-state index in [1.807, 2.05) is 27.0 Å². The van der Waals surface area contributed by atoms with Crippen LogP contribution in [0.5, 0.6) is 0 Å². The lowest BCUT2D eigenvalue weighted by molar-refractivity contribution is 1.23. The molecule has 0 atom stereocenters. The summed E-state index contributed by atoms with van der Waals surface area (Å²) in [5.41, 5.74) is 5.05. The summed E-state index contributed by atoms with van der Waals surface area (Å²) < 4.78 is 4.06. The summed E-state index contributed by atoms with van der Waals surface area (Å²) in [5, 5.41) is 2.05. The van der Waals surface area contributed by atoms with E-state index in [0.29, 0.717) is 0 Å². The molecule has 90 valence electrons. The van der Waals surface area contributed by atoms with Gasteiger partial charge in [-0.1, -0.05) is 13.8 Å². The molecule has 0 unspecified atom stereocenters. The van der Waals surface area contributed by atoms with Gasteiger partial charge in [-0.15, -0.1) is 0 Å². The molecule has 0 saturated carbocycles. The molecular formula is C13H22N2S. The van der Waals surface area contributed by atoms with Crippen LogP contribution in [0.15, 0.2) is 17.6 Å². The Balaban J connectivity index is 0.000000244. The molecule has 2 heterocycles. The quantitative estimate of drug-likeness (QED) is 0.723. The molecule has 0 aliphatic heterocycles. The number of hydrogen-bond donors (Lipinski definition) is 1. The highest BCUT2D eigenvalue weighted by molar-refractivity contribution is 7.03. The van der Waals surface area contributed by atoms with Gasteiger partial charge in [-0.25, -0.2) is 0 Å². The van der Waals surface area contributed by atoms with Crippen LogP contribution in [-0.2, 0) is 0 Å². The van der Waals surface area contributed by atoms with Crippen molar-refractivity contribution in [3.05, 3.63) is 40.2 Å². The molecule has 0 radical (unpaired) electrons. The Morgan fingerprint density at radius 3 is 1.81 bits per heavy atom. The number of rotatable bonds is 0. The molecule has 2 nitrogen and oxygen atoms in total. The third-order valence-corrected chi connectivity index (χ3v) is 3.05. The largest absolute Gasteiger partial charge is 0.365 e. The standard InChI is InChI=1S/C6H9N.C5H7NS.C2H6/c1-5-3-4-7-6(5)2;1-4-3-7-6-5(4)2;1-2/h3-4,7H,1-2H3;3H,1-2H3;1-2H3. The van der Waals surface area contributed by atoms with Crippen molar-refractivity contribution in [3.8, 4) is 0 Å². The van der Waals surface area contributed by atoms with Gasteiger partial charge in [0, 0.05) is 17.3 Å². The first-order valence-electron chi connectivity index (χ1n) is 5.59. The van der Waals surface area contributed by atoms with E-state index in [1.54, 1.807) is 0 Å². The zero-order valence-electron chi connectivity index (χ0n) is 11.1. The predicted octanol–water partition coefficient (Wildman–Crippen LogP) is 4.42. The van der Waals surface area contributed by atoms with Gasteiger partial charge in [-0.2, -0.15) is 4.37 Å². The summed E-state index contributed by atoms with van der Waals surface area (Å²) in [6.45, 7) is 12.2. The van der Waals surface area contributed by atoms with Crippen molar-refractivity contribution in [3.63, 3.8) is 0 Å². The number of aromatic amines is 1. The monoisotopic (exact) mass is 238 g/mol. The fraction of sp³-hybridized carbons (Fsp3) is 0.462. The van der Waals surface area contributed by atoms with Gasteiger partial charge in [-0.3, -0.25) is 0 Å². The van der Waals surface area contributed by atoms with Crippen LogP contribution in [0.3, 0.4) is 0 Å². The number of nitrogens with one attached hydrogen (secondary N) is 1. The molecule has 2 aromatic heterocycles. The molecule has 3 heteroatoms. The number of hydrogen-bond acceptors (Lipinski definition) is 2. The van der Waals surface area contributed by atoms with E-state index in [4.69, 9.17) is 0 Å². The minimum Gasteiger partial charge on any atom is -0.365 e. The molecule has 0 aliphatic rings. The summed E-state index contributed by atoms with van der Waals surface area (Å²) in [6.07, 6.45) is 1.95. The number of nitrogens with zero attached hydrogens (tertiary/aromatic N) is 1. The fourth-order valence-corrected chi connectivity index (χ4v) is 1.56. The van der Waals surface area contributed by atoms with Crippen LogP contribution in [-0.4, -0.2) is 9.36 Å². The van der Waals surface area contributed by atoms with E-state index < -0.39 is 0 Å². The average molecular weight is 238 g/mol. The van der Waals surface area contributed by atoms with Crippen LogP contribution >= 0.6 is 11.5 Å². The van der Waals surface area contributed by atoms with Crippen molar-refractivity contribution in [2.75, 3.05) is 0 Å².